The summed E-state index contributed by atoms with van der Waals surface area (Å²) in [6.45, 7) is 1.34. The molecule has 1 saturated heterocycles. The van der Waals surface area contributed by atoms with Crippen LogP contribution < -0.4 is 0 Å². The minimum atomic E-state index is -0.234. The maximum Gasteiger partial charge on any atom is 0.328 e. The highest BCUT2D eigenvalue weighted by atomic mass is 19.1. The number of amides is 2. The number of rotatable bonds is 2. The van der Waals surface area contributed by atoms with E-state index >= 15 is 0 Å². The van der Waals surface area contributed by atoms with Gasteiger partial charge in [-0.15, -0.1) is 0 Å². The highest BCUT2D eigenvalue weighted by Gasteiger charge is 2.30. The van der Waals surface area contributed by atoms with Crippen molar-refractivity contribution in [2.24, 2.45) is 0 Å². The summed E-state index contributed by atoms with van der Waals surface area (Å²) in [7, 11) is 0. The van der Waals surface area contributed by atoms with E-state index in [1.165, 1.54) is 12.1 Å². The van der Waals surface area contributed by atoms with Gasteiger partial charge in [-0.05, 0) is 42.5 Å². The first kappa shape index (κ1) is 16.6. The summed E-state index contributed by atoms with van der Waals surface area (Å²) in [4.78, 5) is 16.3. The van der Waals surface area contributed by atoms with Gasteiger partial charge in [0.05, 0.1) is 6.20 Å². The topological polar surface area (TPSA) is 32.8 Å². The fourth-order valence-electron chi connectivity index (χ4n) is 3.56. The Balaban J connectivity index is 1.44. The molecule has 1 aromatic rings. The molecule has 2 amide bonds. The molecular formula is C21H21FN2O2. The van der Waals surface area contributed by atoms with Gasteiger partial charge < -0.3 is 9.64 Å². The van der Waals surface area contributed by atoms with Crippen LogP contribution >= 0.6 is 0 Å². The Kier molecular flexibility index (Phi) is 4.61. The summed E-state index contributed by atoms with van der Waals surface area (Å²) in [5, 5.41) is 0. The first-order chi connectivity index (χ1) is 12.7. The molecule has 0 N–H and O–H groups in total. The maximum atomic E-state index is 13.1. The molecule has 0 bridgehead atoms. The van der Waals surface area contributed by atoms with Crippen LogP contribution in [0.3, 0.4) is 0 Å². The maximum absolute atomic E-state index is 13.1. The predicted molar refractivity (Wildman–Crippen MR) is 97.3 cm³/mol. The molecule has 134 valence electrons. The summed E-state index contributed by atoms with van der Waals surface area (Å²) in [6, 6.07) is 6.52. The number of nitrogens with zero attached hydrogens (tertiary/aromatic N) is 2. The van der Waals surface area contributed by atoms with E-state index in [9.17, 15) is 9.18 Å². The van der Waals surface area contributed by atoms with Gasteiger partial charge in [0.2, 0.25) is 0 Å². The van der Waals surface area contributed by atoms with Gasteiger partial charge in [0, 0.05) is 25.2 Å². The molecule has 2 heterocycles. The molecule has 0 spiro atoms. The Morgan fingerprint density at radius 1 is 1.23 bits per heavy atom. The number of urea groups is 1. The van der Waals surface area contributed by atoms with Gasteiger partial charge in [-0.25, -0.2) is 9.18 Å². The molecular weight excluding hydrogens is 331 g/mol. The molecule has 4 rings (SSSR count). The van der Waals surface area contributed by atoms with Gasteiger partial charge in [-0.1, -0.05) is 30.4 Å². The van der Waals surface area contributed by atoms with Crippen LogP contribution in [0.4, 0.5) is 9.18 Å². The van der Waals surface area contributed by atoms with Crippen molar-refractivity contribution in [3.05, 3.63) is 83.9 Å². The molecule has 1 aliphatic carbocycles. The zero-order chi connectivity index (χ0) is 17.9. The van der Waals surface area contributed by atoms with Gasteiger partial charge in [0.25, 0.3) is 0 Å². The summed E-state index contributed by atoms with van der Waals surface area (Å²) < 4.78 is 18.7. The first-order valence-corrected chi connectivity index (χ1v) is 8.94. The SMILES string of the molecule is O=C(N1C=COC(C2=CC=CCC2)=C1)N1CCC(c2ccc(F)cc2)C1. The monoisotopic (exact) mass is 352 g/mol. The van der Waals surface area contributed by atoms with Crippen LogP contribution in [0.25, 0.3) is 0 Å². The molecule has 1 fully saturated rings. The van der Waals surface area contributed by atoms with E-state index in [2.05, 4.69) is 6.08 Å². The molecule has 0 aromatic heterocycles. The van der Waals surface area contributed by atoms with Crippen LogP contribution in [0.5, 0.6) is 0 Å². The number of hydrogen-bond donors (Lipinski definition) is 0. The van der Waals surface area contributed by atoms with Crippen LogP contribution in [0.1, 0.15) is 30.7 Å². The van der Waals surface area contributed by atoms with Crippen LogP contribution in [0.2, 0.25) is 0 Å². The normalized spacial score (nSPS) is 22.1. The lowest BCUT2D eigenvalue weighted by Gasteiger charge is -2.26. The van der Waals surface area contributed by atoms with Crippen molar-refractivity contribution < 1.29 is 13.9 Å². The first-order valence-electron chi connectivity index (χ1n) is 8.94. The fourth-order valence-corrected chi connectivity index (χ4v) is 3.56. The summed E-state index contributed by atoms with van der Waals surface area (Å²) >= 11 is 0. The number of hydrogen-bond acceptors (Lipinski definition) is 2. The lowest BCUT2D eigenvalue weighted by atomic mass is 9.99. The van der Waals surface area contributed by atoms with E-state index in [4.69, 9.17) is 4.74 Å². The lowest BCUT2D eigenvalue weighted by molar-refractivity contribution is 0.185. The number of carbonyl (C=O) groups excluding carboxylic acids is 1. The molecule has 0 radical (unpaired) electrons. The van der Waals surface area contributed by atoms with E-state index in [1.807, 2.05) is 29.2 Å². The zero-order valence-electron chi connectivity index (χ0n) is 14.5. The molecule has 5 heteroatoms. The summed E-state index contributed by atoms with van der Waals surface area (Å²) in [6.07, 6.45) is 13.9. The number of halogens is 1. The van der Waals surface area contributed by atoms with E-state index in [1.54, 1.807) is 23.6 Å². The number of likely N-dealkylation sites (tertiary alicyclic amines) is 1. The Bertz CT molecular complexity index is 808. The fraction of sp³-hybridized carbons (Fsp3) is 0.286. The number of benzene rings is 1. The average molecular weight is 352 g/mol. The molecule has 1 atom stereocenters. The largest absolute Gasteiger partial charge is 0.462 e. The number of ether oxygens (including phenoxy) is 1. The molecule has 2 aliphatic heterocycles. The molecule has 4 nitrogen and oxygen atoms in total. The molecule has 1 unspecified atom stereocenters. The van der Waals surface area contributed by atoms with Crippen molar-refractivity contribution >= 4 is 6.03 Å². The van der Waals surface area contributed by atoms with Gasteiger partial charge in [-0.3, -0.25) is 4.90 Å². The second-order valence-electron chi connectivity index (χ2n) is 6.73. The Morgan fingerprint density at radius 2 is 2.08 bits per heavy atom. The number of carbonyl (C=O) groups is 1. The minimum Gasteiger partial charge on any atom is -0.462 e. The second-order valence-corrected chi connectivity index (χ2v) is 6.73. The van der Waals surface area contributed by atoms with Gasteiger partial charge in [0.15, 0.2) is 0 Å². The van der Waals surface area contributed by atoms with Crippen LogP contribution in [-0.2, 0) is 4.74 Å². The van der Waals surface area contributed by atoms with Crippen molar-refractivity contribution in [1.29, 1.82) is 0 Å². The molecule has 1 aromatic carbocycles. The zero-order valence-corrected chi connectivity index (χ0v) is 14.5. The van der Waals surface area contributed by atoms with Crippen LogP contribution in [0.15, 0.2) is 72.5 Å². The van der Waals surface area contributed by atoms with Gasteiger partial charge >= 0.3 is 6.03 Å². The van der Waals surface area contributed by atoms with E-state index in [-0.39, 0.29) is 17.8 Å². The average Bonchev–Trinajstić information content (AvgIpc) is 3.19. The van der Waals surface area contributed by atoms with Crippen molar-refractivity contribution in [1.82, 2.24) is 9.80 Å². The lowest BCUT2D eigenvalue weighted by Crippen LogP contribution is -2.37. The van der Waals surface area contributed by atoms with Crippen molar-refractivity contribution in [2.45, 2.75) is 25.2 Å². The highest BCUT2D eigenvalue weighted by molar-refractivity contribution is 5.77. The van der Waals surface area contributed by atoms with Crippen molar-refractivity contribution in [3.63, 3.8) is 0 Å². The van der Waals surface area contributed by atoms with Gasteiger partial charge in [-0.2, -0.15) is 0 Å². The number of allylic oxidation sites excluding steroid dienone is 4. The minimum absolute atomic E-state index is 0.0568. The van der Waals surface area contributed by atoms with E-state index in [0.29, 0.717) is 13.1 Å². The Morgan fingerprint density at radius 3 is 2.85 bits per heavy atom. The Hall–Kier alpha value is -2.82. The van der Waals surface area contributed by atoms with Crippen LogP contribution in [0, 0.1) is 5.82 Å². The van der Waals surface area contributed by atoms with Crippen LogP contribution in [-0.4, -0.2) is 28.9 Å². The highest BCUT2D eigenvalue weighted by Crippen LogP contribution is 2.29. The summed E-state index contributed by atoms with van der Waals surface area (Å²) in [5.74, 6) is 0.737. The third-order valence-corrected chi connectivity index (χ3v) is 5.02. The second kappa shape index (κ2) is 7.20. The quantitative estimate of drug-likeness (QED) is 0.776. The third-order valence-electron chi connectivity index (χ3n) is 5.02. The molecule has 3 aliphatic rings. The molecule has 26 heavy (non-hydrogen) atoms. The van der Waals surface area contributed by atoms with E-state index < -0.39 is 0 Å². The standard InChI is InChI=1S/C21H21FN2O2/c22-19-8-6-16(7-9-19)18-10-11-23(14-18)21(25)24-12-13-26-20(15-24)17-4-2-1-3-5-17/h1-2,4,6-9,12-13,15,18H,3,5,10-11,14H2. The molecule has 0 saturated carbocycles. The van der Waals surface area contributed by atoms with Gasteiger partial charge in [0.1, 0.15) is 17.8 Å². The van der Waals surface area contributed by atoms with E-state index in [0.717, 1.165) is 36.2 Å². The Labute approximate surface area is 152 Å². The predicted octanol–water partition coefficient (Wildman–Crippen LogP) is 4.66. The van der Waals surface area contributed by atoms with Crippen molar-refractivity contribution in [3.8, 4) is 0 Å². The smallest absolute Gasteiger partial charge is 0.328 e. The van der Waals surface area contributed by atoms with Crippen molar-refractivity contribution in [2.75, 3.05) is 13.1 Å². The summed E-state index contributed by atoms with van der Waals surface area (Å²) in [5.41, 5.74) is 2.18. The third kappa shape index (κ3) is 3.43.